The van der Waals surface area contributed by atoms with Crippen molar-refractivity contribution in [1.82, 2.24) is 9.78 Å². The second-order valence-corrected chi connectivity index (χ2v) is 5.86. The molecule has 3 rings (SSSR count). The molecule has 1 aromatic heterocycles. The van der Waals surface area contributed by atoms with E-state index in [1.54, 1.807) is 0 Å². The molecule has 4 heteroatoms. The van der Waals surface area contributed by atoms with Crippen LogP contribution in [0.3, 0.4) is 0 Å². The molecule has 4 nitrogen and oxygen atoms in total. The molecule has 0 bridgehead atoms. The molecule has 0 aliphatic heterocycles. The van der Waals surface area contributed by atoms with E-state index in [4.69, 9.17) is 4.74 Å². The minimum atomic E-state index is 0.249. The van der Waals surface area contributed by atoms with Crippen LogP contribution in [0.5, 0.6) is 11.5 Å². The molecule has 0 fully saturated rings. The van der Waals surface area contributed by atoms with Gasteiger partial charge in [0.15, 0.2) is 0 Å². The molecular weight excluding hydrogens is 298 g/mol. The van der Waals surface area contributed by atoms with Gasteiger partial charge < -0.3 is 10.1 Å². The maximum atomic E-state index is 5.85. The summed E-state index contributed by atoms with van der Waals surface area (Å²) in [6.45, 7) is 4.25. The molecular formula is C20H23N3O. The van der Waals surface area contributed by atoms with Crippen LogP contribution in [0, 0.1) is 6.92 Å². The highest BCUT2D eigenvalue weighted by molar-refractivity contribution is 5.48. The Bertz CT molecular complexity index is 778. The molecule has 124 valence electrons. The fourth-order valence-electron chi connectivity index (χ4n) is 2.64. The summed E-state index contributed by atoms with van der Waals surface area (Å²) in [5, 5.41) is 7.87. The standard InChI is InChI=1S/C20H23N3O/c1-4-19(22-20-14-21-23(3)15(20)2)16-10-12-18(13-11-16)24-17-8-6-5-7-9-17/h5-14,19,22H,4H2,1-3H3. The first-order valence-corrected chi connectivity index (χ1v) is 8.25. The Morgan fingerprint density at radius 2 is 1.71 bits per heavy atom. The van der Waals surface area contributed by atoms with Gasteiger partial charge in [0.25, 0.3) is 0 Å². The summed E-state index contributed by atoms with van der Waals surface area (Å²) in [4.78, 5) is 0. The van der Waals surface area contributed by atoms with Crippen LogP contribution >= 0.6 is 0 Å². The smallest absolute Gasteiger partial charge is 0.127 e. The van der Waals surface area contributed by atoms with Gasteiger partial charge in [0.1, 0.15) is 11.5 Å². The average Bonchev–Trinajstić information content (AvgIpc) is 2.93. The molecule has 0 spiro atoms. The zero-order valence-corrected chi connectivity index (χ0v) is 14.4. The summed E-state index contributed by atoms with van der Waals surface area (Å²) in [5.41, 5.74) is 3.45. The molecule has 24 heavy (non-hydrogen) atoms. The van der Waals surface area contributed by atoms with Gasteiger partial charge in [-0.05, 0) is 43.2 Å². The molecule has 0 aliphatic carbocycles. The Morgan fingerprint density at radius 1 is 1.04 bits per heavy atom. The number of aryl methyl sites for hydroxylation is 1. The first-order valence-electron chi connectivity index (χ1n) is 8.25. The van der Waals surface area contributed by atoms with Gasteiger partial charge in [-0.2, -0.15) is 5.10 Å². The van der Waals surface area contributed by atoms with Crippen molar-refractivity contribution in [1.29, 1.82) is 0 Å². The maximum absolute atomic E-state index is 5.85. The number of ether oxygens (including phenoxy) is 1. The number of aromatic nitrogens is 2. The first kappa shape index (κ1) is 16.1. The number of benzene rings is 2. The van der Waals surface area contributed by atoms with Crippen molar-refractivity contribution in [3.63, 3.8) is 0 Å². The van der Waals surface area contributed by atoms with Crippen LogP contribution in [0.4, 0.5) is 5.69 Å². The number of hydrogen-bond acceptors (Lipinski definition) is 3. The fourth-order valence-corrected chi connectivity index (χ4v) is 2.64. The molecule has 0 amide bonds. The number of para-hydroxylation sites is 1. The lowest BCUT2D eigenvalue weighted by atomic mass is 10.0. The average molecular weight is 321 g/mol. The van der Waals surface area contributed by atoms with Crippen LogP contribution in [0.1, 0.15) is 30.6 Å². The number of nitrogens with one attached hydrogen (secondary N) is 1. The Kier molecular flexibility index (Phi) is 4.85. The summed E-state index contributed by atoms with van der Waals surface area (Å²) in [6, 6.07) is 18.3. The Labute approximate surface area is 143 Å². The fraction of sp³-hybridized carbons (Fsp3) is 0.250. The SMILES string of the molecule is CCC(Nc1cnn(C)c1C)c1ccc(Oc2ccccc2)cc1. The third-order valence-electron chi connectivity index (χ3n) is 4.23. The molecule has 1 unspecified atom stereocenters. The van der Waals surface area contributed by atoms with E-state index in [0.717, 1.165) is 29.3 Å². The van der Waals surface area contributed by atoms with Gasteiger partial charge in [0, 0.05) is 7.05 Å². The zero-order valence-electron chi connectivity index (χ0n) is 14.4. The third kappa shape index (κ3) is 3.59. The minimum absolute atomic E-state index is 0.249. The van der Waals surface area contributed by atoms with E-state index in [2.05, 4.69) is 36.4 Å². The largest absolute Gasteiger partial charge is 0.457 e. The van der Waals surface area contributed by atoms with Gasteiger partial charge in [0.05, 0.1) is 23.6 Å². The van der Waals surface area contributed by atoms with E-state index in [1.165, 1.54) is 5.56 Å². The summed E-state index contributed by atoms with van der Waals surface area (Å²) in [7, 11) is 1.96. The van der Waals surface area contributed by atoms with Gasteiger partial charge in [-0.25, -0.2) is 0 Å². The number of hydrogen-bond donors (Lipinski definition) is 1. The predicted molar refractivity (Wildman–Crippen MR) is 97.6 cm³/mol. The molecule has 2 aromatic carbocycles. The van der Waals surface area contributed by atoms with Crippen molar-refractivity contribution in [2.75, 3.05) is 5.32 Å². The molecule has 0 saturated carbocycles. The van der Waals surface area contributed by atoms with Crippen LogP contribution in [0.25, 0.3) is 0 Å². The highest BCUT2D eigenvalue weighted by atomic mass is 16.5. The van der Waals surface area contributed by atoms with E-state index in [0.29, 0.717) is 0 Å². The van der Waals surface area contributed by atoms with Crippen LogP contribution in [-0.4, -0.2) is 9.78 Å². The maximum Gasteiger partial charge on any atom is 0.127 e. The van der Waals surface area contributed by atoms with Crippen molar-refractivity contribution in [2.24, 2.45) is 7.05 Å². The second kappa shape index (κ2) is 7.21. The van der Waals surface area contributed by atoms with Crippen molar-refractivity contribution in [3.05, 3.63) is 72.1 Å². The van der Waals surface area contributed by atoms with Crippen molar-refractivity contribution < 1.29 is 4.74 Å². The topological polar surface area (TPSA) is 39.1 Å². The summed E-state index contributed by atoms with van der Waals surface area (Å²) in [5.74, 6) is 1.69. The quantitative estimate of drug-likeness (QED) is 0.688. The van der Waals surface area contributed by atoms with Crippen LogP contribution in [0.15, 0.2) is 60.8 Å². The molecule has 3 aromatic rings. The number of rotatable bonds is 6. The van der Waals surface area contributed by atoms with Crippen LogP contribution in [0.2, 0.25) is 0 Å². The molecule has 1 N–H and O–H groups in total. The van der Waals surface area contributed by atoms with Gasteiger partial charge in [0.2, 0.25) is 0 Å². The molecule has 0 aliphatic rings. The Balaban J connectivity index is 1.72. The van der Waals surface area contributed by atoms with Gasteiger partial charge in [-0.1, -0.05) is 37.3 Å². The Hall–Kier alpha value is -2.75. The van der Waals surface area contributed by atoms with Crippen LogP contribution < -0.4 is 10.1 Å². The normalized spacial score (nSPS) is 12.0. The molecule has 0 radical (unpaired) electrons. The Morgan fingerprint density at radius 3 is 2.29 bits per heavy atom. The third-order valence-corrected chi connectivity index (χ3v) is 4.23. The molecule has 1 heterocycles. The van der Waals surface area contributed by atoms with Gasteiger partial charge in [-0.15, -0.1) is 0 Å². The van der Waals surface area contributed by atoms with Gasteiger partial charge >= 0.3 is 0 Å². The van der Waals surface area contributed by atoms with Crippen LogP contribution in [-0.2, 0) is 7.05 Å². The van der Waals surface area contributed by atoms with E-state index in [9.17, 15) is 0 Å². The lowest BCUT2D eigenvalue weighted by Gasteiger charge is -2.19. The van der Waals surface area contributed by atoms with E-state index in [-0.39, 0.29) is 6.04 Å². The zero-order chi connectivity index (χ0) is 16.9. The van der Waals surface area contributed by atoms with Crippen molar-refractivity contribution in [2.45, 2.75) is 26.3 Å². The summed E-state index contributed by atoms with van der Waals surface area (Å²) >= 11 is 0. The minimum Gasteiger partial charge on any atom is -0.457 e. The highest BCUT2D eigenvalue weighted by Crippen LogP contribution is 2.27. The van der Waals surface area contributed by atoms with Gasteiger partial charge in [-0.3, -0.25) is 4.68 Å². The van der Waals surface area contributed by atoms with E-state index in [1.807, 2.05) is 60.4 Å². The number of anilines is 1. The predicted octanol–water partition coefficient (Wildman–Crippen LogP) is 5.08. The van der Waals surface area contributed by atoms with E-state index < -0.39 is 0 Å². The van der Waals surface area contributed by atoms with Crippen molar-refractivity contribution in [3.8, 4) is 11.5 Å². The first-order chi connectivity index (χ1) is 11.7. The molecule has 0 saturated heterocycles. The monoisotopic (exact) mass is 321 g/mol. The van der Waals surface area contributed by atoms with Crippen molar-refractivity contribution >= 4 is 5.69 Å². The second-order valence-electron chi connectivity index (χ2n) is 5.86. The number of nitrogens with zero attached hydrogens (tertiary/aromatic N) is 2. The summed E-state index contributed by atoms with van der Waals surface area (Å²) < 4.78 is 7.73. The lowest BCUT2D eigenvalue weighted by Crippen LogP contribution is -2.10. The van der Waals surface area contributed by atoms with E-state index >= 15 is 0 Å². The highest BCUT2D eigenvalue weighted by Gasteiger charge is 2.12. The molecule has 1 atom stereocenters. The lowest BCUT2D eigenvalue weighted by molar-refractivity contribution is 0.482. The summed E-state index contributed by atoms with van der Waals surface area (Å²) in [6.07, 6.45) is 2.87.